The molecular formula is C17H15ClO3. The Bertz CT molecular complexity index is 664. The van der Waals surface area contributed by atoms with Gasteiger partial charge in [0.05, 0.1) is 13.2 Å². The average molecular weight is 303 g/mol. The molecule has 0 aromatic heterocycles. The van der Waals surface area contributed by atoms with Crippen LogP contribution in [0.1, 0.15) is 22.8 Å². The topological polar surface area (TPSA) is 35.5 Å². The van der Waals surface area contributed by atoms with E-state index in [2.05, 4.69) is 6.92 Å². The molecule has 3 rings (SSSR count). The van der Waals surface area contributed by atoms with E-state index in [0.29, 0.717) is 46.8 Å². The number of carbonyl (C=O) groups excluding carboxylic acids is 1. The summed E-state index contributed by atoms with van der Waals surface area (Å²) in [7, 11) is 0. The molecule has 0 fully saturated rings. The summed E-state index contributed by atoms with van der Waals surface area (Å²) in [6.45, 7) is 3.27. The van der Waals surface area contributed by atoms with Crippen LogP contribution in [0.5, 0.6) is 11.5 Å². The minimum atomic E-state index is -0.0598. The summed E-state index contributed by atoms with van der Waals surface area (Å²) in [6.07, 6.45) is 0. The van der Waals surface area contributed by atoms with Crippen molar-refractivity contribution < 1.29 is 14.3 Å². The Morgan fingerprint density at radius 1 is 1.00 bits per heavy atom. The van der Waals surface area contributed by atoms with Crippen molar-refractivity contribution >= 4 is 17.4 Å². The average Bonchev–Trinajstić information content (AvgIpc) is 2.69. The van der Waals surface area contributed by atoms with Crippen LogP contribution in [-0.4, -0.2) is 19.0 Å². The second-order valence-corrected chi connectivity index (χ2v) is 5.66. The van der Waals surface area contributed by atoms with Gasteiger partial charge in [0.15, 0.2) is 17.3 Å². The van der Waals surface area contributed by atoms with Crippen molar-refractivity contribution in [1.82, 2.24) is 0 Å². The van der Waals surface area contributed by atoms with E-state index in [1.807, 2.05) is 0 Å². The van der Waals surface area contributed by atoms with Gasteiger partial charge in [-0.25, -0.2) is 0 Å². The number of ketones is 1. The monoisotopic (exact) mass is 302 g/mol. The summed E-state index contributed by atoms with van der Waals surface area (Å²) in [5.74, 6) is 1.58. The highest BCUT2D eigenvalue weighted by molar-refractivity contribution is 6.30. The molecule has 1 aliphatic heterocycles. The molecule has 0 aliphatic carbocycles. The number of carbonyl (C=O) groups is 1. The normalized spacial score (nSPS) is 17.1. The highest BCUT2D eigenvalue weighted by Crippen LogP contribution is 2.32. The Hall–Kier alpha value is -2.00. The molecule has 0 amide bonds. The first-order chi connectivity index (χ1) is 10.1. The van der Waals surface area contributed by atoms with Gasteiger partial charge >= 0.3 is 0 Å². The molecule has 1 unspecified atom stereocenters. The Labute approximate surface area is 128 Å². The lowest BCUT2D eigenvalue weighted by molar-refractivity contribution is 0.103. The number of hydrogen-bond acceptors (Lipinski definition) is 3. The predicted octanol–water partition coefficient (Wildman–Crippen LogP) is 3.98. The first-order valence-electron chi connectivity index (χ1n) is 6.83. The lowest BCUT2D eigenvalue weighted by Crippen LogP contribution is -2.12. The van der Waals surface area contributed by atoms with Gasteiger partial charge in [0.2, 0.25) is 0 Å². The SMILES string of the molecule is CC1COc2ccc(C(=O)c3ccc(Cl)cc3)cc2OC1. The Morgan fingerprint density at radius 3 is 2.33 bits per heavy atom. The van der Waals surface area contributed by atoms with E-state index in [9.17, 15) is 4.79 Å². The number of hydrogen-bond donors (Lipinski definition) is 0. The molecule has 0 saturated carbocycles. The van der Waals surface area contributed by atoms with Crippen molar-refractivity contribution in [3.63, 3.8) is 0 Å². The zero-order valence-corrected chi connectivity index (χ0v) is 12.4. The summed E-state index contributed by atoms with van der Waals surface area (Å²) < 4.78 is 11.4. The molecule has 4 heteroatoms. The van der Waals surface area contributed by atoms with Crippen molar-refractivity contribution in [2.24, 2.45) is 5.92 Å². The molecule has 0 N–H and O–H groups in total. The number of rotatable bonds is 2. The molecule has 0 bridgehead atoms. The summed E-state index contributed by atoms with van der Waals surface area (Å²) in [4.78, 5) is 12.5. The van der Waals surface area contributed by atoms with Crippen LogP contribution in [0.3, 0.4) is 0 Å². The molecule has 2 aromatic rings. The van der Waals surface area contributed by atoms with Gasteiger partial charge < -0.3 is 9.47 Å². The molecule has 21 heavy (non-hydrogen) atoms. The van der Waals surface area contributed by atoms with Gasteiger partial charge in [0.25, 0.3) is 0 Å². The zero-order chi connectivity index (χ0) is 14.8. The van der Waals surface area contributed by atoms with Crippen molar-refractivity contribution in [1.29, 1.82) is 0 Å². The van der Waals surface area contributed by atoms with Gasteiger partial charge in [0.1, 0.15) is 0 Å². The minimum Gasteiger partial charge on any atom is -0.489 e. The molecule has 1 heterocycles. The fraction of sp³-hybridized carbons (Fsp3) is 0.235. The maximum Gasteiger partial charge on any atom is 0.193 e. The molecule has 0 radical (unpaired) electrons. The maximum absolute atomic E-state index is 12.5. The molecule has 2 aromatic carbocycles. The fourth-order valence-electron chi connectivity index (χ4n) is 2.16. The van der Waals surface area contributed by atoms with E-state index in [1.54, 1.807) is 42.5 Å². The van der Waals surface area contributed by atoms with E-state index >= 15 is 0 Å². The van der Waals surface area contributed by atoms with Crippen LogP contribution in [0.15, 0.2) is 42.5 Å². The minimum absolute atomic E-state index is 0.0598. The quantitative estimate of drug-likeness (QED) is 0.787. The molecule has 1 aliphatic rings. The Morgan fingerprint density at radius 2 is 1.62 bits per heavy atom. The second kappa shape index (κ2) is 5.78. The maximum atomic E-state index is 12.5. The van der Waals surface area contributed by atoms with Crippen LogP contribution in [0.2, 0.25) is 5.02 Å². The van der Waals surface area contributed by atoms with Crippen LogP contribution in [0.4, 0.5) is 0 Å². The highest BCUT2D eigenvalue weighted by Gasteiger charge is 2.17. The molecular weight excluding hydrogens is 288 g/mol. The van der Waals surface area contributed by atoms with Crippen LogP contribution in [0, 0.1) is 5.92 Å². The predicted molar refractivity (Wildman–Crippen MR) is 81.5 cm³/mol. The van der Waals surface area contributed by atoms with Crippen molar-refractivity contribution in [2.45, 2.75) is 6.92 Å². The summed E-state index contributed by atoms with van der Waals surface area (Å²) >= 11 is 5.84. The van der Waals surface area contributed by atoms with Crippen molar-refractivity contribution in [2.75, 3.05) is 13.2 Å². The van der Waals surface area contributed by atoms with Crippen LogP contribution in [-0.2, 0) is 0 Å². The third kappa shape index (κ3) is 3.03. The standard InChI is InChI=1S/C17H15ClO3/c1-11-9-20-15-7-4-13(8-16(15)21-10-11)17(19)12-2-5-14(18)6-3-12/h2-8,11H,9-10H2,1H3. The third-order valence-corrected chi connectivity index (χ3v) is 3.61. The summed E-state index contributed by atoms with van der Waals surface area (Å²) in [6, 6.07) is 12.1. The van der Waals surface area contributed by atoms with Gasteiger partial charge in [-0.05, 0) is 42.5 Å². The van der Waals surface area contributed by atoms with Crippen LogP contribution >= 0.6 is 11.6 Å². The number of ether oxygens (including phenoxy) is 2. The zero-order valence-electron chi connectivity index (χ0n) is 11.6. The molecule has 0 saturated heterocycles. The number of fused-ring (bicyclic) bond motifs is 1. The van der Waals surface area contributed by atoms with E-state index in [1.165, 1.54) is 0 Å². The largest absolute Gasteiger partial charge is 0.489 e. The van der Waals surface area contributed by atoms with Gasteiger partial charge in [-0.2, -0.15) is 0 Å². The first-order valence-corrected chi connectivity index (χ1v) is 7.21. The van der Waals surface area contributed by atoms with Crippen molar-refractivity contribution in [3.05, 3.63) is 58.6 Å². The van der Waals surface area contributed by atoms with Gasteiger partial charge in [-0.3, -0.25) is 4.79 Å². The van der Waals surface area contributed by atoms with Crippen molar-refractivity contribution in [3.8, 4) is 11.5 Å². The van der Waals surface area contributed by atoms with Gasteiger partial charge in [0, 0.05) is 22.1 Å². The van der Waals surface area contributed by atoms with E-state index < -0.39 is 0 Å². The van der Waals surface area contributed by atoms with E-state index in [-0.39, 0.29) is 5.78 Å². The molecule has 1 atom stereocenters. The molecule has 0 spiro atoms. The third-order valence-electron chi connectivity index (χ3n) is 3.36. The summed E-state index contributed by atoms with van der Waals surface area (Å²) in [5, 5.41) is 0.610. The number of halogens is 1. The Kier molecular flexibility index (Phi) is 3.84. The highest BCUT2D eigenvalue weighted by atomic mass is 35.5. The fourth-order valence-corrected chi connectivity index (χ4v) is 2.29. The smallest absolute Gasteiger partial charge is 0.193 e. The lowest BCUT2D eigenvalue weighted by Gasteiger charge is -2.09. The van der Waals surface area contributed by atoms with E-state index in [0.717, 1.165) is 0 Å². The second-order valence-electron chi connectivity index (χ2n) is 5.22. The van der Waals surface area contributed by atoms with Crippen LogP contribution < -0.4 is 9.47 Å². The summed E-state index contributed by atoms with van der Waals surface area (Å²) in [5.41, 5.74) is 1.18. The Balaban J connectivity index is 1.90. The molecule has 3 nitrogen and oxygen atoms in total. The number of benzene rings is 2. The lowest BCUT2D eigenvalue weighted by atomic mass is 10.0. The first kappa shape index (κ1) is 14.0. The molecule has 108 valence electrons. The van der Waals surface area contributed by atoms with Gasteiger partial charge in [-0.1, -0.05) is 18.5 Å². The van der Waals surface area contributed by atoms with Crippen LogP contribution in [0.25, 0.3) is 0 Å². The van der Waals surface area contributed by atoms with E-state index in [4.69, 9.17) is 21.1 Å². The van der Waals surface area contributed by atoms with Gasteiger partial charge in [-0.15, -0.1) is 0 Å².